The van der Waals surface area contributed by atoms with Gasteiger partial charge in [-0.3, -0.25) is 0 Å². The largest absolute Gasteiger partial charge is 0.478 e. The van der Waals surface area contributed by atoms with E-state index in [9.17, 15) is 9.59 Å². The van der Waals surface area contributed by atoms with E-state index in [4.69, 9.17) is 15.5 Å². The SMILES string of the molecule is N#CC=CC(=CC=CC(=O)O)C(=O)O. The van der Waals surface area contributed by atoms with Crippen LogP contribution in [0.5, 0.6) is 0 Å². The molecule has 0 heterocycles. The standard InChI is InChI=1S/C9H7NO4/c10-6-2-4-7(9(13)14)3-1-5-8(11)12/h1-5H,(H,11,12)(H,13,14). The van der Waals surface area contributed by atoms with Gasteiger partial charge in [-0.15, -0.1) is 0 Å². The van der Waals surface area contributed by atoms with E-state index >= 15 is 0 Å². The number of nitriles is 1. The molecule has 0 aromatic carbocycles. The zero-order valence-corrected chi connectivity index (χ0v) is 7.04. The Kier molecular flexibility index (Phi) is 5.16. The maximum atomic E-state index is 10.5. The number of carboxylic acid groups (broad SMARTS) is 2. The highest BCUT2D eigenvalue weighted by atomic mass is 16.4. The lowest BCUT2D eigenvalue weighted by molar-refractivity contribution is -0.133. The van der Waals surface area contributed by atoms with Crippen LogP contribution in [0.4, 0.5) is 0 Å². The van der Waals surface area contributed by atoms with E-state index in [1.807, 2.05) is 0 Å². The van der Waals surface area contributed by atoms with Gasteiger partial charge in [0.05, 0.1) is 11.6 Å². The molecule has 72 valence electrons. The molecule has 0 aromatic rings. The quantitative estimate of drug-likeness (QED) is 0.389. The van der Waals surface area contributed by atoms with Crippen molar-refractivity contribution >= 4 is 11.9 Å². The minimum Gasteiger partial charge on any atom is -0.478 e. The topological polar surface area (TPSA) is 98.4 Å². The summed E-state index contributed by atoms with van der Waals surface area (Å²) in [5.74, 6) is -2.40. The average molecular weight is 193 g/mol. The minimum atomic E-state index is -1.23. The van der Waals surface area contributed by atoms with Crippen molar-refractivity contribution in [3.05, 3.63) is 36.0 Å². The van der Waals surface area contributed by atoms with Crippen LogP contribution >= 0.6 is 0 Å². The van der Waals surface area contributed by atoms with Crippen molar-refractivity contribution < 1.29 is 19.8 Å². The molecule has 0 spiro atoms. The molecule has 0 atom stereocenters. The van der Waals surface area contributed by atoms with Gasteiger partial charge in [0.15, 0.2) is 0 Å². The normalized spacial score (nSPS) is 11.8. The third-order valence-electron chi connectivity index (χ3n) is 1.10. The first-order valence-electron chi connectivity index (χ1n) is 3.48. The van der Waals surface area contributed by atoms with Gasteiger partial charge in [-0.25, -0.2) is 9.59 Å². The highest BCUT2D eigenvalue weighted by Gasteiger charge is 2.00. The fraction of sp³-hybridized carbons (Fsp3) is 0. The summed E-state index contributed by atoms with van der Waals surface area (Å²) in [5, 5.41) is 24.9. The average Bonchev–Trinajstić information content (AvgIpc) is 2.09. The van der Waals surface area contributed by atoms with E-state index in [1.54, 1.807) is 6.07 Å². The number of allylic oxidation sites excluding steroid dienone is 3. The first-order chi connectivity index (χ1) is 6.57. The van der Waals surface area contributed by atoms with Crippen LogP contribution in [0.25, 0.3) is 0 Å². The second-order valence-corrected chi connectivity index (χ2v) is 2.09. The third kappa shape index (κ3) is 5.32. The Balaban J connectivity index is 4.67. The fourth-order valence-corrected chi connectivity index (χ4v) is 0.559. The number of hydrogen-bond acceptors (Lipinski definition) is 3. The Morgan fingerprint density at radius 1 is 1.21 bits per heavy atom. The predicted molar refractivity (Wildman–Crippen MR) is 47.2 cm³/mol. The second kappa shape index (κ2) is 6.20. The summed E-state index contributed by atoms with van der Waals surface area (Å²) in [4.78, 5) is 20.5. The molecule has 5 nitrogen and oxygen atoms in total. The van der Waals surface area contributed by atoms with Crippen LogP contribution in [0.1, 0.15) is 0 Å². The van der Waals surface area contributed by atoms with E-state index in [0.717, 1.165) is 30.4 Å². The van der Waals surface area contributed by atoms with Gasteiger partial charge < -0.3 is 10.2 Å². The summed E-state index contributed by atoms with van der Waals surface area (Å²) in [5.41, 5.74) is -0.163. The predicted octanol–water partition coefficient (Wildman–Crippen LogP) is 0.718. The summed E-state index contributed by atoms with van der Waals surface area (Å²) >= 11 is 0. The Morgan fingerprint density at radius 3 is 2.29 bits per heavy atom. The van der Waals surface area contributed by atoms with E-state index in [1.165, 1.54) is 0 Å². The number of aliphatic carboxylic acids is 2. The van der Waals surface area contributed by atoms with Gasteiger partial charge in [0, 0.05) is 12.2 Å². The molecule has 5 heteroatoms. The Labute approximate surface area is 79.9 Å². The van der Waals surface area contributed by atoms with Gasteiger partial charge in [0.2, 0.25) is 0 Å². The van der Waals surface area contributed by atoms with Gasteiger partial charge >= 0.3 is 11.9 Å². The lowest BCUT2D eigenvalue weighted by atomic mass is 10.2. The van der Waals surface area contributed by atoms with Crippen LogP contribution in [0.2, 0.25) is 0 Å². The number of hydrogen-bond donors (Lipinski definition) is 2. The highest BCUT2D eigenvalue weighted by Crippen LogP contribution is 1.97. The fourth-order valence-electron chi connectivity index (χ4n) is 0.559. The van der Waals surface area contributed by atoms with Gasteiger partial charge in [-0.05, 0) is 12.2 Å². The maximum Gasteiger partial charge on any atom is 0.335 e. The molecular formula is C9H7NO4. The molecule has 0 radical (unpaired) electrons. The van der Waals surface area contributed by atoms with Gasteiger partial charge in [-0.1, -0.05) is 6.08 Å². The summed E-state index contributed by atoms with van der Waals surface area (Å²) in [6.07, 6.45) is 5.03. The van der Waals surface area contributed by atoms with Crippen LogP contribution in [0.3, 0.4) is 0 Å². The van der Waals surface area contributed by atoms with Crippen LogP contribution in [-0.4, -0.2) is 22.2 Å². The second-order valence-electron chi connectivity index (χ2n) is 2.09. The molecule has 0 aliphatic rings. The van der Waals surface area contributed by atoms with Crippen molar-refractivity contribution in [3.63, 3.8) is 0 Å². The monoisotopic (exact) mass is 193 g/mol. The Morgan fingerprint density at radius 2 is 1.86 bits per heavy atom. The van der Waals surface area contributed by atoms with Gasteiger partial charge in [0.25, 0.3) is 0 Å². The first-order valence-corrected chi connectivity index (χ1v) is 3.48. The molecule has 0 rings (SSSR count). The summed E-state index contributed by atoms with van der Waals surface area (Å²) in [7, 11) is 0. The number of carboxylic acids is 2. The summed E-state index contributed by atoms with van der Waals surface area (Å²) < 4.78 is 0. The first kappa shape index (κ1) is 11.6. The number of nitrogens with zero attached hydrogens (tertiary/aromatic N) is 1. The lowest BCUT2D eigenvalue weighted by Gasteiger charge is -1.89. The van der Waals surface area contributed by atoms with E-state index in [-0.39, 0.29) is 5.57 Å². The lowest BCUT2D eigenvalue weighted by Crippen LogP contribution is -1.96. The van der Waals surface area contributed by atoms with Crippen LogP contribution < -0.4 is 0 Å². The zero-order chi connectivity index (χ0) is 11.0. The van der Waals surface area contributed by atoms with Gasteiger partial charge in [-0.2, -0.15) is 5.26 Å². The van der Waals surface area contributed by atoms with E-state index in [2.05, 4.69) is 0 Å². The van der Waals surface area contributed by atoms with Crippen LogP contribution in [0, 0.1) is 11.3 Å². The van der Waals surface area contributed by atoms with Crippen molar-refractivity contribution in [3.8, 4) is 6.07 Å². The van der Waals surface area contributed by atoms with E-state index in [0.29, 0.717) is 0 Å². The van der Waals surface area contributed by atoms with Crippen molar-refractivity contribution in [2.75, 3.05) is 0 Å². The highest BCUT2D eigenvalue weighted by molar-refractivity contribution is 5.90. The molecule has 0 unspecified atom stereocenters. The molecule has 14 heavy (non-hydrogen) atoms. The van der Waals surface area contributed by atoms with Crippen molar-refractivity contribution in [2.24, 2.45) is 0 Å². The van der Waals surface area contributed by atoms with Crippen molar-refractivity contribution in [2.45, 2.75) is 0 Å². The molecule has 0 aliphatic heterocycles. The Bertz CT molecular complexity index is 357. The van der Waals surface area contributed by atoms with Crippen molar-refractivity contribution in [1.29, 1.82) is 5.26 Å². The minimum absolute atomic E-state index is 0.163. The molecule has 0 saturated heterocycles. The smallest absolute Gasteiger partial charge is 0.335 e. The summed E-state index contributed by atoms with van der Waals surface area (Å²) in [6, 6.07) is 1.63. The molecule has 0 aromatic heterocycles. The summed E-state index contributed by atoms with van der Waals surface area (Å²) in [6.45, 7) is 0. The maximum absolute atomic E-state index is 10.5. The molecule has 0 fully saturated rings. The molecule has 0 saturated carbocycles. The molecule has 0 amide bonds. The number of carbonyl (C=O) groups is 2. The molecular weight excluding hydrogens is 186 g/mol. The Hall–Kier alpha value is -2.35. The molecule has 0 bridgehead atoms. The number of rotatable bonds is 4. The van der Waals surface area contributed by atoms with Gasteiger partial charge in [0.1, 0.15) is 0 Å². The van der Waals surface area contributed by atoms with Crippen LogP contribution in [0.15, 0.2) is 36.0 Å². The zero-order valence-electron chi connectivity index (χ0n) is 7.04. The third-order valence-corrected chi connectivity index (χ3v) is 1.10. The van der Waals surface area contributed by atoms with E-state index < -0.39 is 11.9 Å². The molecule has 0 aliphatic carbocycles. The molecule has 2 N–H and O–H groups in total. The van der Waals surface area contributed by atoms with Crippen molar-refractivity contribution in [1.82, 2.24) is 0 Å². The van der Waals surface area contributed by atoms with Crippen LogP contribution in [-0.2, 0) is 9.59 Å².